The van der Waals surface area contributed by atoms with Crippen LogP contribution in [-0.4, -0.2) is 38.6 Å². The third kappa shape index (κ3) is 3.59. The van der Waals surface area contributed by atoms with Crippen molar-refractivity contribution in [3.63, 3.8) is 0 Å². The molecule has 4 rings (SSSR count). The van der Waals surface area contributed by atoms with Crippen LogP contribution >= 0.6 is 0 Å². The number of rotatable bonds is 5. The molecule has 1 N–H and O–H groups in total. The molecule has 0 bridgehead atoms. The highest BCUT2D eigenvalue weighted by atomic mass is 16.2. The lowest BCUT2D eigenvalue weighted by molar-refractivity contribution is 0.221. The minimum Gasteiger partial charge on any atom is -0.322 e. The van der Waals surface area contributed by atoms with Crippen molar-refractivity contribution in [1.82, 2.24) is 19.4 Å². The number of imidazole rings is 1. The summed E-state index contributed by atoms with van der Waals surface area (Å²) in [5.41, 5.74) is 3.97. The third-order valence-electron chi connectivity index (χ3n) is 5.42. The molecule has 6 nitrogen and oxygen atoms in total. The second-order valence-electron chi connectivity index (χ2n) is 7.36. The van der Waals surface area contributed by atoms with Gasteiger partial charge in [0.25, 0.3) is 0 Å². The minimum absolute atomic E-state index is 0.0406. The summed E-state index contributed by atoms with van der Waals surface area (Å²) >= 11 is 0. The fraction of sp³-hybridized carbons (Fsp3) is 0.409. The molecule has 3 heterocycles. The Morgan fingerprint density at radius 3 is 2.79 bits per heavy atom. The average molecular weight is 377 g/mol. The van der Waals surface area contributed by atoms with Crippen LogP contribution in [0.4, 0.5) is 10.5 Å². The topological polar surface area (TPSA) is 63.1 Å². The lowest BCUT2D eigenvalue weighted by Crippen LogP contribution is -2.33. The summed E-state index contributed by atoms with van der Waals surface area (Å²) in [6, 6.07) is 12.2. The van der Waals surface area contributed by atoms with E-state index in [1.165, 1.54) is 5.56 Å². The number of nitrogens with one attached hydrogen (secondary N) is 1. The van der Waals surface area contributed by atoms with Crippen molar-refractivity contribution in [2.24, 2.45) is 0 Å². The number of urea groups is 1. The van der Waals surface area contributed by atoms with Crippen molar-refractivity contribution >= 4 is 22.9 Å². The molecule has 2 aromatic heterocycles. The molecule has 0 aliphatic carbocycles. The Balaban J connectivity index is 1.50. The largest absolute Gasteiger partial charge is 0.322 e. The van der Waals surface area contributed by atoms with Gasteiger partial charge in [-0.05, 0) is 49.1 Å². The zero-order chi connectivity index (χ0) is 19.5. The van der Waals surface area contributed by atoms with Gasteiger partial charge in [-0.25, -0.2) is 14.8 Å². The van der Waals surface area contributed by atoms with E-state index in [4.69, 9.17) is 4.98 Å². The molecule has 6 heteroatoms. The van der Waals surface area contributed by atoms with Crippen LogP contribution in [0.5, 0.6) is 0 Å². The molecular formula is C22H27N5O. The van der Waals surface area contributed by atoms with Crippen LogP contribution in [-0.2, 0) is 12.8 Å². The van der Waals surface area contributed by atoms with Crippen molar-refractivity contribution in [2.75, 3.05) is 18.4 Å². The lowest BCUT2D eigenvalue weighted by atomic mass is 10.1. The SMILES string of the molecule is CCCc1nc2cccnc2n1[C@H]1CCN(C(=O)Nc2ccc(CC)cc2)C1. The number of benzene rings is 1. The van der Waals surface area contributed by atoms with Crippen LogP contribution in [0.1, 0.15) is 44.1 Å². The Hall–Kier alpha value is -2.89. The van der Waals surface area contributed by atoms with Crippen molar-refractivity contribution in [1.29, 1.82) is 0 Å². The number of fused-ring (bicyclic) bond motifs is 1. The first-order valence-electron chi connectivity index (χ1n) is 10.2. The highest BCUT2D eigenvalue weighted by Crippen LogP contribution is 2.28. The molecule has 28 heavy (non-hydrogen) atoms. The van der Waals surface area contributed by atoms with E-state index in [-0.39, 0.29) is 12.1 Å². The normalized spacial score (nSPS) is 16.6. The zero-order valence-corrected chi connectivity index (χ0v) is 16.6. The summed E-state index contributed by atoms with van der Waals surface area (Å²) < 4.78 is 2.25. The average Bonchev–Trinajstić information content (AvgIpc) is 3.33. The van der Waals surface area contributed by atoms with Crippen LogP contribution in [0.15, 0.2) is 42.6 Å². The second kappa shape index (κ2) is 8.00. The molecule has 2 amide bonds. The van der Waals surface area contributed by atoms with Crippen LogP contribution < -0.4 is 5.32 Å². The van der Waals surface area contributed by atoms with E-state index in [0.29, 0.717) is 6.54 Å². The number of pyridine rings is 1. The summed E-state index contributed by atoms with van der Waals surface area (Å²) in [6.07, 6.45) is 5.68. The molecule has 1 saturated heterocycles. The smallest absolute Gasteiger partial charge is 0.321 e. The van der Waals surface area contributed by atoms with E-state index in [0.717, 1.165) is 54.9 Å². The van der Waals surface area contributed by atoms with E-state index in [1.807, 2.05) is 35.4 Å². The fourth-order valence-electron chi connectivity index (χ4n) is 3.92. The van der Waals surface area contributed by atoms with E-state index >= 15 is 0 Å². The third-order valence-corrected chi connectivity index (χ3v) is 5.42. The van der Waals surface area contributed by atoms with Gasteiger partial charge in [0.2, 0.25) is 0 Å². The number of carbonyl (C=O) groups is 1. The molecule has 1 aliphatic rings. The molecule has 0 saturated carbocycles. The number of hydrogen-bond donors (Lipinski definition) is 1. The van der Waals surface area contributed by atoms with Gasteiger partial charge in [0.1, 0.15) is 11.3 Å². The zero-order valence-electron chi connectivity index (χ0n) is 16.6. The second-order valence-corrected chi connectivity index (χ2v) is 7.36. The standard InChI is InChI=1S/C22H27N5O/c1-3-6-20-25-19-7-5-13-23-21(19)27(20)18-12-14-26(15-18)22(28)24-17-10-8-16(4-2)9-11-17/h5,7-11,13,18H,3-4,6,12,14-15H2,1-2H3,(H,24,28)/t18-/m0/s1. The van der Waals surface area contributed by atoms with Crippen LogP contribution in [0.3, 0.4) is 0 Å². The Morgan fingerprint density at radius 2 is 2.04 bits per heavy atom. The quantitative estimate of drug-likeness (QED) is 0.716. The van der Waals surface area contributed by atoms with Gasteiger partial charge < -0.3 is 14.8 Å². The first kappa shape index (κ1) is 18.5. The molecular weight excluding hydrogens is 350 g/mol. The van der Waals surface area contributed by atoms with E-state index in [9.17, 15) is 4.79 Å². The number of nitrogens with zero attached hydrogens (tertiary/aromatic N) is 4. The molecule has 1 aromatic carbocycles. The van der Waals surface area contributed by atoms with Gasteiger partial charge in [-0.1, -0.05) is 26.0 Å². The Labute approximate surface area is 165 Å². The highest BCUT2D eigenvalue weighted by molar-refractivity contribution is 5.89. The minimum atomic E-state index is -0.0406. The lowest BCUT2D eigenvalue weighted by Gasteiger charge is -2.19. The molecule has 0 spiro atoms. The van der Waals surface area contributed by atoms with Crippen LogP contribution in [0, 0.1) is 0 Å². The monoisotopic (exact) mass is 377 g/mol. The van der Waals surface area contributed by atoms with Crippen LogP contribution in [0.2, 0.25) is 0 Å². The number of hydrogen-bond acceptors (Lipinski definition) is 3. The van der Waals surface area contributed by atoms with Gasteiger partial charge in [0.05, 0.1) is 6.04 Å². The van der Waals surface area contributed by atoms with Crippen molar-refractivity contribution in [3.8, 4) is 0 Å². The van der Waals surface area contributed by atoms with Crippen molar-refractivity contribution < 1.29 is 4.79 Å². The van der Waals surface area contributed by atoms with E-state index in [1.54, 1.807) is 0 Å². The molecule has 1 fully saturated rings. The predicted molar refractivity (Wildman–Crippen MR) is 112 cm³/mol. The number of amides is 2. The van der Waals surface area contributed by atoms with Crippen molar-refractivity contribution in [2.45, 2.75) is 45.6 Å². The van der Waals surface area contributed by atoms with Gasteiger partial charge in [0, 0.05) is 31.4 Å². The molecule has 3 aromatic rings. The number of aryl methyl sites for hydroxylation is 2. The molecule has 146 valence electrons. The van der Waals surface area contributed by atoms with Gasteiger partial charge >= 0.3 is 6.03 Å². The molecule has 0 unspecified atom stereocenters. The Kier molecular flexibility index (Phi) is 5.28. The summed E-state index contributed by atoms with van der Waals surface area (Å²) in [5.74, 6) is 1.07. The summed E-state index contributed by atoms with van der Waals surface area (Å²) in [6.45, 7) is 5.70. The predicted octanol–water partition coefficient (Wildman–Crippen LogP) is 4.43. The van der Waals surface area contributed by atoms with Gasteiger partial charge in [-0.15, -0.1) is 0 Å². The first-order valence-corrected chi connectivity index (χ1v) is 10.2. The molecule has 1 atom stereocenters. The fourth-order valence-corrected chi connectivity index (χ4v) is 3.92. The summed E-state index contributed by atoms with van der Waals surface area (Å²) in [5, 5.41) is 3.02. The van der Waals surface area contributed by atoms with Gasteiger partial charge in [0.15, 0.2) is 5.65 Å². The molecule has 0 radical (unpaired) electrons. The van der Waals surface area contributed by atoms with Crippen molar-refractivity contribution in [3.05, 3.63) is 54.0 Å². The first-order chi connectivity index (χ1) is 13.7. The van der Waals surface area contributed by atoms with Gasteiger partial charge in [-0.2, -0.15) is 0 Å². The Morgan fingerprint density at radius 1 is 1.21 bits per heavy atom. The van der Waals surface area contributed by atoms with Gasteiger partial charge in [-0.3, -0.25) is 0 Å². The highest BCUT2D eigenvalue weighted by Gasteiger charge is 2.30. The maximum atomic E-state index is 12.7. The maximum Gasteiger partial charge on any atom is 0.321 e. The van der Waals surface area contributed by atoms with E-state index < -0.39 is 0 Å². The van der Waals surface area contributed by atoms with E-state index in [2.05, 4.69) is 40.8 Å². The summed E-state index contributed by atoms with van der Waals surface area (Å²) in [7, 11) is 0. The van der Waals surface area contributed by atoms with Crippen LogP contribution in [0.25, 0.3) is 11.2 Å². The Bertz CT molecular complexity index is 963. The number of carbonyl (C=O) groups excluding carboxylic acids is 1. The number of anilines is 1. The molecule has 1 aliphatic heterocycles. The summed E-state index contributed by atoms with van der Waals surface area (Å²) in [4.78, 5) is 24.0. The number of likely N-dealkylation sites (tertiary alicyclic amines) is 1. The maximum absolute atomic E-state index is 12.7. The number of aromatic nitrogens is 3.